The van der Waals surface area contributed by atoms with Crippen molar-refractivity contribution in [3.05, 3.63) is 11.3 Å². The zero-order chi connectivity index (χ0) is 17.8. The first-order valence-electron chi connectivity index (χ1n) is 10.0. The number of piperidine rings is 3. The summed E-state index contributed by atoms with van der Waals surface area (Å²) in [5.41, 5.74) is 0.660. The number of aliphatic hydroxyl groups excluding tert-OH is 1. The summed E-state index contributed by atoms with van der Waals surface area (Å²) in [4.78, 5) is 27.3. The van der Waals surface area contributed by atoms with Gasteiger partial charge >= 0.3 is 0 Å². The second kappa shape index (κ2) is 8.45. The zero-order valence-electron chi connectivity index (χ0n) is 15.5. The van der Waals surface area contributed by atoms with Gasteiger partial charge in [0.2, 0.25) is 0 Å². The highest BCUT2D eigenvalue weighted by atomic mass is 16.3. The maximum absolute atomic E-state index is 11.4. The summed E-state index contributed by atoms with van der Waals surface area (Å²) in [6.07, 6.45) is 9.71. The molecule has 3 fully saturated rings. The van der Waals surface area contributed by atoms with Gasteiger partial charge in [0.25, 0.3) is 0 Å². The van der Waals surface area contributed by atoms with Crippen molar-refractivity contribution in [1.82, 2.24) is 9.80 Å². The molecule has 0 amide bonds. The first kappa shape index (κ1) is 18.6. The Morgan fingerprint density at radius 1 is 0.880 bits per heavy atom. The van der Waals surface area contributed by atoms with Gasteiger partial charge in [0.1, 0.15) is 11.5 Å². The highest BCUT2D eigenvalue weighted by molar-refractivity contribution is 5.94. The van der Waals surface area contributed by atoms with Crippen LogP contribution in [0.25, 0.3) is 0 Å². The fraction of sp³-hybridized carbons (Fsp3) is 0.800. The van der Waals surface area contributed by atoms with Gasteiger partial charge in [-0.1, -0.05) is 12.8 Å². The molecule has 0 aromatic rings. The molecule has 3 saturated heterocycles. The molecule has 0 aromatic heterocycles. The molecule has 4 rings (SSSR count). The largest absolute Gasteiger partial charge is 0.510 e. The number of Topliss-reactive ketones (excluding diaryl/α,β-unsaturated/α-hetero) is 2. The Morgan fingerprint density at radius 2 is 1.48 bits per heavy atom. The lowest BCUT2D eigenvalue weighted by atomic mass is 9.91. The van der Waals surface area contributed by atoms with E-state index >= 15 is 0 Å². The Kier molecular flexibility index (Phi) is 6.29. The molecule has 0 bridgehead atoms. The maximum Gasteiger partial charge on any atom is 0.159 e. The van der Waals surface area contributed by atoms with Crippen molar-refractivity contribution in [3.8, 4) is 0 Å². The molecule has 1 N–H and O–H groups in total. The molecule has 4 heterocycles. The topological polar surface area (TPSA) is 60.9 Å². The first-order valence-corrected chi connectivity index (χ1v) is 10.0. The van der Waals surface area contributed by atoms with Crippen molar-refractivity contribution in [2.45, 2.75) is 76.8 Å². The van der Waals surface area contributed by atoms with E-state index in [0.29, 0.717) is 23.2 Å². The predicted molar refractivity (Wildman–Crippen MR) is 97.6 cm³/mol. The van der Waals surface area contributed by atoms with E-state index < -0.39 is 0 Å². The molecule has 0 radical (unpaired) electrons. The molecule has 5 heteroatoms. The van der Waals surface area contributed by atoms with Crippen molar-refractivity contribution in [2.75, 3.05) is 26.2 Å². The first-order chi connectivity index (χ1) is 12.1. The lowest BCUT2D eigenvalue weighted by molar-refractivity contribution is -0.128. The molecular weight excluding hydrogens is 316 g/mol. The SMILES string of the molecule is CC(=O)C1=C(O)C2CCCCN2CC1.O=C1CCCN2CCCCC12. The van der Waals surface area contributed by atoms with Crippen LogP contribution in [0, 0.1) is 0 Å². The van der Waals surface area contributed by atoms with Gasteiger partial charge < -0.3 is 5.11 Å². The number of fused-ring (bicyclic) bond motifs is 2. The monoisotopic (exact) mass is 348 g/mol. The van der Waals surface area contributed by atoms with E-state index in [9.17, 15) is 14.7 Å². The van der Waals surface area contributed by atoms with Crippen molar-refractivity contribution >= 4 is 11.6 Å². The second-order valence-corrected chi connectivity index (χ2v) is 7.83. The Balaban J connectivity index is 0.000000150. The quantitative estimate of drug-likeness (QED) is 0.789. The van der Waals surface area contributed by atoms with Crippen molar-refractivity contribution in [1.29, 1.82) is 0 Å². The Morgan fingerprint density at radius 3 is 2.12 bits per heavy atom. The zero-order valence-corrected chi connectivity index (χ0v) is 15.5. The summed E-state index contributed by atoms with van der Waals surface area (Å²) in [5, 5.41) is 9.95. The van der Waals surface area contributed by atoms with Crippen LogP contribution in [0.5, 0.6) is 0 Å². The maximum atomic E-state index is 11.4. The van der Waals surface area contributed by atoms with E-state index in [-0.39, 0.29) is 11.8 Å². The average molecular weight is 348 g/mol. The van der Waals surface area contributed by atoms with Crippen molar-refractivity contribution in [2.24, 2.45) is 0 Å². The standard InChI is InChI=1S/C11H17NO2.C9H15NO/c1-8(13)9-5-7-12-6-3-2-4-10(12)11(9)14;11-9-5-3-7-10-6-2-1-4-8(9)10/h10,14H,2-7H2,1H3;8H,1-7H2. The minimum atomic E-state index is 0.0349. The number of aliphatic hydroxyl groups is 1. The molecule has 0 aromatic carbocycles. The molecule has 0 aliphatic carbocycles. The molecule has 5 nitrogen and oxygen atoms in total. The third-order valence-corrected chi connectivity index (χ3v) is 6.17. The molecule has 4 aliphatic rings. The molecular formula is C20H32N2O3. The Hall–Kier alpha value is -1.20. The third-order valence-electron chi connectivity index (χ3n) is 6.17. The van der Waals surface area contributed by atoms with E-state index in [4.69, 9.17) is 0 Å². The van der Waals surface area contributed by atoms with E-state index in [2.05, 4.69) is 9.80 Å². The second-order valence-electron chi connectivity index (χ2n) is 7.83. The molecule has 2 unspecified atom stereocenters. The van der Waals surface area contributed by atoms with Gasteiger partial charge in [-0.25, -0.2) is 0 Å². The number of hydrogen-bond acceptors (Lipinski definition) is 5. The minimum Gasteiger partial charge on any atom is -0.510 e. The number of hydrogen-bond donors (Lipinski definition) is 1. The van der Waals surface area contributed by atoms with Crippen LogP contribution in [-0.4, -0.2) is 64.7 Å². The van der Waals surface area contributed by atoms with Crippen LogP contribution in [0.1, 0.15) is 64.7 Å². The number of nitrogens with zero attached hydrogens (tertiary/aromatic N) is 2. The highest BCUT2D eigenvalue weighted by Crippen LogP contribution is 2.29. The van der Waals surface area contributed by atoms with Gasteiger partial charge in [-0.3, -0.25) is 19.4 Å². The lowest BCUT2D eigenvalue weighted by Gasteiger charge is -2.39. The van der Waals surface area contributed by atoms with Crippen LogP contribution in [0.15, 0.2) is 11.3 Å². The highest BCUT2D eigenvalue weighted by Gasteiger charge is 2.32. The predicted octanol–water partition coefficient (Wildman–Crippen LogP) is 2.85. The van der Waals surface area contributed by atoms with Crippen LogP contribution < -0.4 is 0 Å². The summed E-state index contributed by atoms with van der Waals surface area (Å²) in [5.74, 6) is 0.882. The van der Waals surface area contributed by atoms with Crippen LogP contribution in [0.3, 0.4) is 0 Å². The number of rotatable bonds is 1. The fourth-order valence-corrected chi connectivity index (χ4v) is 4.76. The molecule has 0 saturated carbocycles. The van der Waals surface area contributed by atoms with E-state index in [1.807, 2.05) is 0 Å². The molecule has 2 atom stereocenters. The summed E-state index contributed by atoms with van der Waals surface area (Å²) in [6.45, 7) is 5.88. The summed E-state index contributed by atoms with van der Waals surface area (Å²) in [6, 6.07) is 0.453. The molecule has 140 valence electrons. The van der Waals surface area contributed by atoms with Crippen LogP contribution >= 0.6 is 0 Å². The Labute approximate surface area is 151 Å². The summed E-state index contributed by atoms with van der Waals surface area (Å²) >= 11 is 0. The van der Waals surface area contributed by atoms with Gasteiger partial charge in [-0.15, -0.1) is 0 Å². The van der Waals surface area contributed by atoms with Gasteiger partial charge in [-0.2, -0.15) is 0 Å². The normalized spacial score (nSPS) is 30.8. The van der Waals surface area contributed by atoms with Crippen LogP contribution in [0.2, 0.25) is 0 Å². The van der Waals surface area contributed by atoms with Gasteiger partial charge in [0.15, 0.2) is 5.78 Å². The summed E-state index contributed by atoms with van der Waals surface area (Å²) in [7, 11) is 0. The van der Waals surface area contributed by atoms with E-state index in [0.717, 1.165) is 64.7 Å². The average Bonchev–Trinajstić information content (AvgIpc) is 2.63. The van der Waals surface area contributed by atoms with Crippen LogP contribution in [0.4, 0.5) is 0 Å². The molecule has 0 spiro atoms. The van der Waals surface area contributed by atoms with Gasteiger partial charge in [0.05, 0.1) is 12.1 Å². The van der Waals surface area contributed by atoms with Gasteiger partial charge in [-0.05, 0) is 65.1 Å². The molecule has 25 heavy (non-hydrogen) atoms. The number of ketones is 2. The van der Waals surface area contributed by atoms with E-state index in [1.54, 1.807) is 6.92 Å². The van der Waals surface area contributed by atoms with Gasteiger partial charge in [0, 0.05) is 18.5 Å². The summed E-state index contributed by atoms with van der Waals surface area (Å²) < 4.78 is 0. The van der Waals surface area contributed by atoms with E-state index in [1.165, 1.54) is 19.3 Å². The minimum absolute atomic E-state index is 0.0349. The molecule has 4 aliphatic heterocycles. The third kappa shape index (κ3) is 4.32. The number of carbonyl (C=O) groups excluding carboxylic acids is 2. The van der Waals surface area contributed by atoms with Crippen LogP contribution in [-0.2, 0) is 9.59 Å². The number of carbonyl (C=O) groups is 2. The van der Waals surface area contributed by atoms with Crippen molar-refractivity contribution < 1.29 is 14.7 Å². The Bertz CT molecular complexity index is 541. The smallest absolute Gasteiger partial charge is 0.159 e. The lowest BCUT2D eigenvalue weighted by Crippen LogP contribution is -2.48. The fourth-order valence-electron chi connectivity index (χ4n) is 4.76. The van der Waals surface area contributed by atoms with Crippen molar-refractivity contribution in [3.63, 3.8) is 0 Å².